The van der Waals surface area contributed by atoms with E-state index in [9.17, 15) is 4.79 Å². The molecule has 2 N–H and O–H groups in total. The van der Waals surface area contributed by atoms with Crippen LogP contribution in [0.4, 0.5) is 5.69 Å². The van der Waals surface area contributed by atoms with Gasteiger partial charge in [-0.1, -0.05) is 26.8 Å². The van der Waals surface area contributed by atoms with Crippen molar-refractivity contribution in [1.29, 1.82) is 0 Å². The molecule has 3 atom stereocenters. The highest BCUT2D eigenvalue weighted by molar-refractivity contribution is 5.92. The van der Waals surface area contributed by atoms with E-state index >= 15 is 0 Å². The molecule has 3 heteroatoms. The summed E-state index contributed by atoms with van der Waals surface area (Å²) in [6.07, 6.45) is 3.43. The SMILES string of the molecule is Cc1c(N)cccc1C(=O)OC1CC2CCC1(C)C2(C)C. The summed E-state index contributed by atoms with van der Waals surface area (Å²) in [7, 11) is 0. The van der Waals surface area contributed by atoms with Crippen molar-refractivity contribution in [2.45, 2.75) is 53.1 Å². The molecule has 0 saturated heterocycles. The molecule has 2 saturated carbocycles. The molecule has 1 aromatic rings. The van der Waals surface area contributed by atoms with E-state index in [-0.39, 0.29) is 22.9 Å². The standard InChI is InChI=1S/C18H25NO2/c1-11-13(6-5-7-14(11)19)16(20)21-15-10-12-8-9-18(15,4)17(12,2)3/h5-7,12,15H,8-10,19H2,1-4H3. The fraction of sp³-hybridized carbons (Fsp3) is 0.611. The minimum atomic E-state index is -0.227. The van der Waals surface area contributed by atoms with Crippen molar-refractivity contribution >= 4 is 11.7 Å². The van der Waals surface area contributed by atoms with Crippen LogP contribution in [0.1, 0.15) is 56.0 Å². The third-order valence-electron chi connectivity index (χ3n) is 6.56. The summed E-state index contributed by atoms with van der Waals surface area (Å²) in [5, 5.41) is 0. The lowest BCUT2D eigenvalue weighted by Gasteiger charge is -2.38. The number of anilines is 1. The number of nitrogen functional groups attached to an aromatic ring is 1. The van der Waals surface area contributed by atoms with Crippen molar-refractivity contribution in [2.24, 2.45) is 16.7 Å². The summed E-state index contributed by atoms with van der Waals surface area (Å²) in [4.78, 5) is 12.5. The Labute approximate surface area is 126 Å². The van der Waals surface area contributed by atoms with Crippen molar-refractivity contribution < 1.29 is 9.53 Å². The lowest BCUT2D eigenvalue weighted by Crippen LogP contribution is -2.38. The van der Waals surface area contributed by atoms with Crippen LogP contribution in [-0.4, -0.2) is 12.1 Å². The third-order valence-corrected chi connectivity index (χ3v) is 6.56. The molecule has 2 aliphatic carbocycles. The zero-order valence-electron chi connectivity index (χ0n) is 13.4. The van der Waals surface area contributed by atoms with Crippen LogP contribution in [0.15, 0.2) is 18.2 Å². The average Bonchev–Trinajstić information content (AvgIpc) is 2.75. The molecule has 0 aliphatic heterocycles. The molecule has 1 aromatic carbocycles. The predicted molar refractivity (Wildman–Crippen MR) is 84.0 cm³/mol. The number of benzene rings is 1. The lowest BCUT2D eigenvalue weighted by molar-refractivity contribution is -0.0243. The van der Waals surface area contributed by atoms with Crippen LogP contribution < -0.4 is 5.73 Å². The maximum Gasteiger partial charge on any atom is 0.338 e. The monoisotopic (exact) mass is 287 g/mol. The Balaban J connectivity index is 1.82. The Hall–Kier alpha value is -1.51. The minimum Gasteiger partial charge on any atom is -0.458 e. The van der Waals surface area contributed by atoms with E-state index in [1.54, 1.807) is 6.07 Å². The zero-order chi connectivity index (χ0) is 15.4. The normalized spacial score (nSPS) is 33.1. The van der Waals surface area contributed by atoms with Crippen LogP contribution >= 0.6 is 0 Å². The summed E-state index contributed by atoms with van der Waals surface area (Å²) in [6.45, 7) is 8.80. The van der Waals surface area contributed by atoms with Gasteiger partial charge in [0.2, 0.25) is 0 Å². The fourth-order valence-corrected chi connectivity index (χ4v) is 4.38. The number of carbonyl (C=O) groups is 1. The first-order valence-corrected chi connectivity index (χ1v) is 7.83. The maximum absolute atomic E-state index is 12.5. The fourth-order valence-electron chi connectivity index (χ4n) is 4.38. The number of ether oxygens (including phenoxy) is 1. The van der Waals surface area contributed by atoms with Crippen LogP contribution in [-0.2, 0) is 4.74 Å². The molecular weight excluding hydrogens is 262 g/mol. The van der Waals surface area contributed by atoms with Crippen LogP contribution in [0.2, 0.25) is 0 Å². The molecule has 0 spiro atoms. The molecule has 3 nitrogen and oxygen atoms in total. The second kappa shape index (κ2) is 4.49. The highest BCUT2D eigenvalue weighted by Crippen LogP contribution is 2.66. The molecule has 114 valence electrons. The number of rotatable bonds is 2. The molecule has 0 radical (unpaired) electrons. The summed E-state index contributed by atoms with van der Waals surface area (Å²) in [5.74, 6) is 0.441. The first kappa shape index (κ1) is 14.4. The van der Waals surface area contributed by atoms with Gasteiger partial charge in [-0.05, 0) is 55.2 Å². The van der Waals surface area contributed by atoms with Gasteiger partial charge in [0.1, 0.15) is 6.10 Å². The van der Waals surface area contributed by atoms with Gasteiger partial charge in [-0.2, -0.15) is 0 Å². The second-order valence-electron chi connectivity index (χ2n) is 7.52. The first-order chi connectivity index (χ1) is 9.77. The van der Waals surface area contributed by atoms with Crippen molar-refractivity contribution in [3.8, 4) is 0 Å². The Bertz CT molecular complexity index is 593. The molecule has 2 fully saturated rings. The second-order valence-corrected chi connectivity index (χ2v) is 7.52. The molecule has 3 unspecified atom stereocenters. The van der Waals surface area contributed by atoms with Gasteiger partial charge in [0.05, 0.1) is 5.56 Å². The van der Waals surface area contributed by atoms with Crippen LogP contribution in [0, 0.1) is 23.7 Å². The molecule has 21 heavy (non-hydrogen) atoms. The van der Waals surface area contributed by atoms with Gasteiger partial charge in [-0.15, -0.1) is 0 Å². The van der Waals surface area contributed by atoms with E-state index in [1.165, 1.54) is 6.42 Å². The highest BCUT2D eigenvalue weighted by Gasteiger charge is 2.62. The zero-order valence-corrected chi connectivity index (χ0v) is 13.4. The first-order valence-electron chi connectivity index (χ1n) is 7.83. The number of hydrogen-bond donors (Lipinski definition) is 1. The summed E-state index contributed by atoms with van der Waals surface area (Å²) < 4.78 is 5.91. The Kier molecular flexibility index (Phi) is 3.09. The van der Waals surface area contributed by atoms with E-state index in [0.29, 0.717) is 17.2 Å². The van der Waals surface area contributed by atoms with Crippen LogP contribution in [0.25, 0.3) is 0 Å². The van der Waals surface area contributed by atoms with E-state index < -0.39 is 0 Å². The number of hydrogen-bond acceptors (Lipinski definition) is 3. The molecule has 0 heterocycles. The minimum absolute atomic E-state index is 0.0274. The third kappa shape index (κ3) is 1.90. The largest absolute Gasteiger partial charge is 0.458 e. The summed E-state index contributed by atoms with van der Waals surface area (Å²) in [5.41, 5.74) is 8.29. The molecule has 2 aliphatic rings. The number of nitrogens with two attached hydrogens (primary N) is 1. The molecule has 0 amide bonds. The highest BCUT2D eigenvalue weighted by atomic mass is 16.5. The van der Waals surface area contributed by atoms with Gasteiger partial charge in [-0.3, -0.25) is 0 Å². The van der Waals surface area contributed by atoms with Crippen LogP contribution in [0.5, 0.6) is 0 Å². The predicted octanol–water partition coefficient (Wildman–Crippen LogP) is 3.95. The molecule has 0 aromatic heterocycles. The number of fused-ring (bicyclic) bond motifs is 2. The van der Waals surface area contributed by atoms with Crippen LogP contribution in [0.3, 0.4) is 0 Å². The van der Waals surface area contributed by atoms with Crippen molar-refractivity contribution in [3.05, 3.63) is 29.3 Å². The van der Waals surface area contributed by atoms with E-state index in [1.807, 2.05) is 19.1 Å². The Morgan fingerprint density at radius 3 is 2.62 bits per heavy atom. The van der Waals surface area contributed by atoms with Gasteiger partial charge in [0.25, 0.3) is 0 Å². The van der Waals surface area contributed by atoms with E-state index in [2.05, 4.69) is 20.8 Å². The maximum atomic E-state index is 12.5. The Morgan fingerprint density at radius 2 is 2.05 bits per heavy atom. The summed E-state index contributed by atoms with van der Waals surface area (Å²) >= 11 is 0. The number of carbonyl (C=O) groups excluding carboxylic acids is 1. The topological polar surface area (TPSA) is 52.3 Å². The lowest BCUT2D eigenvalue weighted by atomic mass is 9.70. The van der Waals surface area contributed by atoms with Gasteiger partial charge in [-0.25, -0.2) is 4.79 Å². The number of esters is 1. The average molecular weight is 287 g/mol. The van der Waals surface area contributed by atoms with E-state index in [0.717, 1.165) is 18.4 Å². The molecule has 2 bridgehead atoms. The van der Waals surface area contributed by atoms with Crippen molar-refractivity contribution in [2.75, 3.05) is 5.73 Å². The quantitative estimate of drug-likeness (QED) is 0.662. The van der Waals surface area contributed by atoms with Gasteiger partial charge < -0.3 is 10.5 Å². The van der Waals surface area contributed by atoms with Gasteiger partial charge >= 0.3 is 5.97 Å². The Morgan fingerprint density at radius 1 is 1.33 bits per heavy atom. The van der Waals surface area contributed by atoms with Crippen molar-refractivity contribution in [1.82, 2.24) is 0 Å². The van der Waals surface area contributed by atoms with Gasteiger partial charge in [0, 0.05) is 11.1 Å². The molecular formula is C18H25NO2. The summed E-state index contributed by atoms with van der Waals surface area (Å²) in [6, 6.07) is 5.42. The van der Waals surface area contributed by atoms with E-state index in [4.69, 9.17) is 10.5 Å². The smallest absolute Gasteiger partial charge is 0.338 e. The van der Waals surface area contributed by atoms with Gasteiger partial charge in [0.15, 0.2) is 0 Å². The molecule has 3 rings (SSSR count). The van der Waals surface area contributed by atoms with Crippen molar-refractivity contribution in [3.63, 3.8) is 0 Å².